The Balaban J connectivity index is 1.60. The number of aromatic nitrogens is 2. The molecule has 1 aromatic carbocycles. The third-order valence-electron chi connectivity index (χ3n) is 5.91. The Morgan fingerprint density at radius 3 is 2.68 bits per heavy atom. The van der Waals surface area contributed by atoms with Gasteiger partial charge in [0.2, 0.25) is 17.6 Å². The van der Waals surface area contributed by atoms with Crippen LogP contribution in [0.4, 0.5) is 4.39 Å². The lowest BCUT2D eigenvalue weighted by molar-refractivity contribution is -0.131. The number of hydrogen-bond donors (Lipinski definition) is 0. The first-order valence-electron chi connectivity index (χ1n) is 9.92. The summed E-state index contributed by atoms with van der Waals surface area (Å²) >= 11 is 0. The van der Waals surface area contributed by atoms with Crippen LogP contribution >= 0.6 is 0 Å². The summed E-state index contributed by atoms with van der Waals surface area (Å²) in [6.07, 6.45) is 2.29. The Bertz CT molecular complexity index is 828. The van der Waals surface area contributed by atoms with Crippen LogP contribution in [0.2, 0.25) is 0 Å². The van der Waals surface area contributed by atoms with E-state index in [0.717, 1.165) is 12.8 Å². The molecule has 2 saturated heterocycles. The fourth-order valence-electron chi connectivity index (χ4n) is 4.35. The largest absolute Gasteiger partial charge is 0.381 e. The van der Waals surface area contributed by atoms with Gasteiger partial charge in [-0.15, -0.1) is 0 Å². The highest BCUT2D eigenvalue weighted by Gasteiger charge is 2.51. The van der Waals surface area contributed by atoms with Gasteiger partial charge in [-0.1, -0.05) is 19.0 Å². The second-order valence-corrected chi connectivity index (χ2v) is 8.36. The summed E-state index contributed by atoms with van der Waals surface area (Å²) in [6, 6.07) is 6.04. The van der Waals surface area contributed by atoms with Gasteiger partial charge in [-0.25, -0.2) is 4.39 Å². The van der Waals surface area contributed by atoms with E-state index in [0.29, 0.717) is 55.9 Å². The van der Waals surface area contributed by atoms with Crippen LogP contribution in [0.1, 0.15) is 44.9 Å². The summed E-state index contributed by atoms with van der Waals surface area (Å²) in [5, 5.41) is 4.11. The second-order valence-electron chi connectivity index (χ2n) is 8.36. The lowest BCUT2D eigenvalue weighted by Gasteiger charge is -2.36. The molecule has 0 N–H and O–H groups in total. The highest BCUT2D eigenvalue weighted by Crippen LogP contribution is 2.49. The van der Waals surface area contributed by atoms with Crippen molar-refractivity contribution in [1.82, 2.24) is 15.0 Å². The van der Waals surface area contributed by atoms with Crippen molar-refractivity contribution < 1.29 is 18.4 Å². The predicted molar refractivity (Wildman–Crippen MR) is 101 cm³/mol. The minimum absolute atomic E-state index is 0.00536. The van der Waals surface area contributed by atoms with E-state index in [1.807, 2.05) is 4.90 Å². The van der Waals surface area contributed by atoms with E-state index in [1.165, 1.54) is 12.1 Å². The third-order valence-corrected chi connectivity index (χ3v) is 5.91. The lowest BCUT2D eigenvalue weighted by Crippen LogP contribution is -2.37. The van der Waals surface area contributed by atoms with Crippen molar-refractivity contribution in [2.45, 2.75) is 39.0 Å². The van der Waals surface area contributed by atoms with Crippen molar-refractivity contribution >= 4 is 5.91 Å². The second kappa shape index (κ2) is 7.62. The number of halogens is 1. The number of ether oxygens (including phenoxy) is 1. The molecule has 1 spiro atoms. The van der Waals surface area contributed by atoms with Crippen LogP contribution < -0.4 is 0 Å². The van der Waals surface area contributed by atoms with Gasteiger partial charge >= 0.3 is 0 Å². The normalized spacial score (nSPS) is 21.6. The molecule has 7 heteroatoms. The molecule has 0 bridgehead atoms. The number of amides is 1. The van der Waals surface area contributed by atoms with Crippen LogP contribution in [0, 0.1) is 17.2 Å². The summed E-state index contributed by atoms with van der Waals surface area (Å²) < 4.78 is 24.4. The minimum Gasteiger partial charge on any atom is -0.381 e. The van der Waals surface area contributed by atoms with E-state index >= 15 is 0 Å². The van der Waals surface area contributed by atoms with E-state index < -0.39 is 0 Å². The maximum atomic E-state index is 13.2. The molecular weight excluding hydrogens is 361 g/mol. The van der Waals surface area contributed by atoms with E-state index in [2.05, 4.69) is 24.0 Å². The topological polar surface area (TPSA) is 68.5 Å². The van der Waals surface area contributed by atoms with Crippen molar-refractivity contribution in [1.29, 1.82) is 0 Å². The first-order valence-corrected chi connectivity index (χ1v) is 9.92. The molecule has 0 aliphatic carbocycles. The smallest absolute Gasteiger partial charge is 0.232 e. The van der Waals surface area contributed by atoms with Gasteiger partial charge in [-0.2, -0.15) is 4.98 Å². The van der Waals surface area contributed by atoms with Crippen molar-refractivity contribution in [3.63, 3.8) is 0 Å². The highest BCUT2D eigenvalue weighted by atomic mass is 19.1. The Morgan fingerprint density at radius 1 is 1.29 bits per heavy atom. The van der Waals surface area contributed by atoms with Gasteiger partial charge in [0.25, 0.3) is 0 Å². The quantitative estimate of drug-likeness (QED) is 0.801. The van der Waals surface area contributed by atoms with Crippen LogP contribution in [0.15, 0.2) is 28.8 Å². The van der Waals surface area contributed by atoms with Gasteiger partial charge in [0.15, 0.2) is 0 Å². The van der Waals surface area contributed by atoms with Gasteiger partial charge < -0.3 is 14.2 Å². The van der Waals surface area contributed by atoms with Gasteiger partial charge in [-0.05, 0) is 43.0 Å². The van der Waals surface area contributed by atoms with Crippen LogP contribution in [0.5, 0.6) is 0 Å². The van der Waals surface area contributed by atoms with Gasteiger partial charge in [0.1, 0.15) is 5.82 Å². The number of carbonyl (C=O) groups is 1. The molecule has 2 aliphatic rings. The van der Waals surface area contributed by atoms with Crippen molar-refractivity contribution in [3.8, 4) is 11.4 Å². The monoisotopic (exact) mass is 387 g/mol. The molecule has 2 aliphatic heterocycles. The van der Waals surface area contributed by atoms with E-state index in [4.69, 9.17) is 9.26 Å². The molecule has 0 unspecified atom stereocenters. The predicted octanol–water partition coefficient (Wildman–Crippen LogP) is 3.64. The maximum absolute atomic E-state index is 13.2. The number of carbonyl (C=O) groups excluding carboxylic acids is 1. The molecule has 1 amide bonds. The zero-order valence-corrected chi connectivity index (χ0v) is 16.4. The molecule has 6 nitrogen and oxygen atoms in total. The SMILES string of the molecule is CC(C)CC(=O)N1C[C@@H](c2nc(-c3ccc(F)cc3)no2)C2(CCOCC2)C1. The molecule has 2 aromatic rings. The highest BCUT2D eigenvalue weighted by molar-refractivity contribution is 5.77. The average Bonchev–Trinajstić information content (AvgIpc) is 3.28. The summed E-state index contributed by atoms with van der Waals surface area (Å²) in [5.74, 6) is 1.20. The van der Waals surface area contributed by atoms with Gasteiger partial charge in [-0.3, -0.25) is 4.79 Å². The Labute approximate surface area is 164 Å². The number of benzene rings is 1. The van der Waals surface area contributed by atoms with Crippen LogP contribution in [-0.2, 0) is 9.53 Å². The Morgan fingerprint density at radius 2 is 2.00 bits per heavy atom. The van der Waals surface area contributed by atoms with Crippen molar-refractivity contribution in [2.75, 3.05) is 26.3 Å². The lowest BCUT2D eigenvalue weighted by atomic mass is 9.72. The summed E-state index contributed by atoms with van der Waals surface area (Å²) in [5.41, 5.74) is 0.625. The summed E-state index contributed by atoms with van der Waals surface area (Å²) in [4.78, 5) is 19.3. The zero-order valence-electron chi connectivity index (χ0n) is 16.4. The van der Waals surface area contributed by atoms with Crippen molar-refractivity contribution in [2.24, 2.45) is 11.3 Å². The fourth-order valence-corrected chi connectivity index (χ4v) is 4.35. The number of hydrogen-bond acceptors (Lipinski definition) is 5. The van der Waals surface area contributed by atoms with E-state index in [9.17, 15) is 9.18 Å². The molecule has 150 valence electrons. The van der Waals surface area contributed by atoms with Crippen LogP contribution in [0.3, 0.4) is 0 Å². The first kappa shape index (κ1) is 19.1. The van der Waals surface area contributed by atoms with Crippen LogP contribution in [-0.4, -0.2) is 47.3 Å². The molecule has 3 heterocycles. The van der Waals surface area contributed by atoms with E-state index in [-0.39, 0.29) is 23.1 Å². The molecule has 4 rings (SSSR count). The number of rotatable bonds is 4. The zero-order chi connectivity index (χ0) is 19.7. The Hall–Kier alpha value is -2.28. The average molecular weight is 387 g/mol. The summed E-state index contributed by atoms with van der Waals surface area (Å²) in [7, 11) is 0. The number of likely N-dealkylation sites (tertiary alicyclic amines) is 1. The third kappa shape index (κ3) is 3.68. The Kier molecular flexibility index (Phi) is 5.19. The molecule has 0 saturated carbocycles. The molecule has 28 heavy (non-hydrogen) atoms. The standard InChI is InChI=1S/C21H26FN3O3/c1-14(2)11-18(26)25-12-17(21(13-25)7-9-27-10-8-21)20-23-19(24-28-20)15-3-5-16(22)6-4-15/h3-6,14,17H,7-13H2,1-2H3/t17-/m0/s1. The molecule has 1 aromatic heterocycles. The van der Waals surface area contributed by atoms with Crippen molar-refractivity contribution in [3.05, 3.63) is 36.0 Å². The number of nitrogens with zero attached hydrogens (tertiary/aromatic N) is 3. The van der Waals surface area contributed by atoms with Gasteiger partial charge in [0, 0.05) is 43.7 Å². The van der Waals surface area contributed by atoms with Gasteiger partial charge in [0.05, 0.1) is 5.92 Å². The van der Waals surface area contributed by atoms with Crippen LogP contribution in [0.25, 0.3) is 11.4 Å². The maximum Gasteiger partial charge on any atom is 0.232 e. The first-order chi connectivity index (χ1) is 13.5. The fraction of sp³-hybridized carbons (Fsp3) is 0.571. The summed E-state index contributed by atoms with van der Waals surface area (Å²) in [6.45, 7) is 6.78. The molecule has 2 fully saturated rings. The molecule has 0 radical (unpaired) electrons. The van der Waals surface area contributed by atoms with E-state index in [1.54, 1.807) is 12.1 Å². The molecular formula is C21H26FN3O3. The molecule has 1 atom stereocenters. The minimum atomic E-state index is -0.302.